The number of amides is 1. The van der Waals surface area contributed by atoms with Crippen molar-refractivity contribution in [2.24, 2.45) is 5.92 Å². The molecule has 27 heavy (non-hydrogen) atoms. The molecule has 148 valence electrons. The van der Waals surface area contributed by atoms with Crippen LogP contribution in [0.4, 0.5) is 4.79 Å². The number of carbonyl (C=O) groups is 2. The molecule has 0 saturated carbocycles. The molecule has 0 aromatic heterocycles. The summed E-state index contributed by atoms with van der Waals surface area (Å²) in [6.45, 7) is 9.80. The van der Waals surface area contributed by atoms with Gasteiger partial charge in [0.1, 0.15) is 5.60 Å². The molecule has 0 saturated heterocycles. The molecule has 0 aliphatic carbocycles. The van der Waals surface area contributed by atoms with E-state index in [4.69, 9.17) is 9.47 Å². The smallest absolute Gasteiger partial charge is 0.414 e. The highest BCUT2D eigenvalue weighted by molar-refractivity contribution is 5.91. The van der Waals surface area contributed by atoms with E-state index in [2.05, 4.69) is 0 Å². The van der Waals surface area contributed by atoms with E-state index in [0.29, 0.717) is 24.1 Å². The van der Waals surface area contributed by atoms with Gasteiger partial charge in [0.05, 0.1) is 18.3 Å². The van der Waals surface area contributed by atoms with Crippen molar-refractivity contribution < 1.29 is 24.2 Å². The van der Waals surface area contributed by atoms with E-state index in [9.17, 15) is 14.7 Å². The number of hydrogen-bond acceptors (Lipinski definition) is 5. The molecule has 6 heteroatoms. The Morgan fingerprint density at radius 2 is 1.96 bits per heavy atom. The summed E-state index contributed by atoms with van der Waals surface area (Å²) in [5, 5.41) is 10.9. The Balaban J connectivity index is 2.20. The van der Waals surface area contributed by atoms with Gasteiger partial charge in [-0.05, 0) is 52.7 Å². The molecule has 0 radical (unpaired) electrons. The van der Waals surface area contributed by atoms with Crippen LogP contribution in [0.3, 0.4) is 0 Å². The number of carbonyl (C=O) groups excluding carboxylic acids is 2. The van der Waals surface area contributed by atoms with Gasteiger partial charge in [0, 0.05) is 18.7 Å². The largest absolute Gasteiger partial charge is 0.462 e. The van der Waals surface area contributed by atoms with E-state index >= 15 is 0 Å². The van der Waals surface area contributed by atoms with Crippen LogP contribution >= 0.6 is 0 Å². The van der Waals surface area contributed by atoms with E-state index < -0.39 is 23.8 Å². The van der Waals surface area contributed by atoms with E-state index in [1.165, 1.54) is 4.90 Å². The van der Waals surface area contributed by atoms with Gasteiger partial charge in [-0.25, -0.2) is 9.59 Å². The van der Waals surface area contributed by atoms with Gasteiger partial charge in [-0.3, -0.25) is 4.90 Å². The monoisotopic (exact) mass is 375 g/mol. The second-order valence-electron chi connectivity index (χ2n) is 7.69. The summed E-state index contributed by atoms with van der Waals surface area (Å²) < 4.78 is 10.5. The molecular formula is C21H29NO5. The Morgan fingerprint density at radius 1 is 1.30 bits per heavy atom. The number of hydrogen-bond donors (Lipinski definition) is 1. The molecule has 0 spiro atoms. The van der Waals surface area contributed by atoms with Gasteiger partial charge in [-0.1, -0.05) is 23.8 Å². The van der Waals surface area contributed by atoms with E-state index in [0.717, 1.165) is 5.57 Å². The maximum atomic E-state index is 12.3. The molecule has 1 N–H and O–H groups in total. The third kappa shape index (κ3) is 5.32. The zero-order valence-corrected chi connectivity index (χ0v) is 16.7. The number of benzene rings is 1. The van der Waals surface area contributed by atoms with Crippen LogP contribution in [0.2, 0.25) is 0 Å². The summed E-state index contributed by atoms with van der Waals surface area (Å²) in [7, 11) is 0. The van der Waals surface area contributed by atoms with Crippen molar-refractivity contribution in [1.29, 1.82) is 0 Å². The number of aliphatic hydroxyl groups excluding tert-OH is 1. The second kappa shape index (κ2) is 8.57. The molecule has 1 aromatic carbocycles. The zero-order chi connectivity index (χ0) is 20.2. The first-order valence-electron chi connectivity index (χ1n) is 9.26. The minimum Gasteiger partial charge on any atom is -0.462 e. The van der Waals surface area contributed by atoms with Crippen molar-refractivity contribution in [3.63, 3.8) is 0 Å². The van der Waals surface area contributed by atoms with Crippen molar-refractivity contribution in [1.82, 2.24) is 4.90 Å². The fourth-order valence-corrected chi connectivity index (χ4v) is 3.15. The van der Waals surface area contributed by atoms with Crippen LogP contribution in [0.5, 0.6) is 0 Å². The molecule has 2 unspecified atom stereocenters. The molecule has 1 heterocycles. The Morgan fingerprint density at radius 3 is 2.56 bits per heavy atom. The topological polar surface area (TPSA) is 76.1 Å². The number of nitrogens with zero attached hydrogens (tertiary/aromatic N) is 1. The maximum absolute atomic E-state index is 12.3. The SMILES string of the molecule is CCOC(=O)c1ccccc1C(O)C1CCN(C(=O)OC(C)(C)C)C=C1C. The van der Waals surface area contributed by atoms with Crippen LogP contribution < -0.4 is 0 Å². The number of aliphatic hydroxyl groups is 1. The number of ether oxygens (including phenoxy) is 2. The fraction of sp³-hybridized carbons (Fsp3) is 0.524. The molecule has 0 fully saturated rings. The summed E-state index contributed by atoms with van der Waals surface area (Å²) in [4.78, 5) is 26.0. The van der Waals surface area contributed by atoms with Crippen molar-refractivity contribution in [3.8, 4) is 0 Å². The fourth-order valence-electron chi connectivity index (χ4n) is 3.15. The molecule has 1 aromatic rings. The molecule has 1 aliphatic rings. The van der Waals surface area contributed by atoms with Crippen LogP contribution in [0.1, 0.15) is 63.1 Å². The normalized spacial score (nSPS) is 18.5. The molecule has 2 rings (SSSR count). The lowest BCUT2D eigenvalue weighted by Crippen LogP contribution is -2.38. The summed E-state index contributed by atoms with van der Waals surface area (Å²) in [5.74, 6) is -0.640. The van der Waals surface area contributed by atoms with Crippen LogP contribution in [0.15, 0.2) is 36.0 Å². The van der Waals surface area contributed by atoms with Crippen molar-refractivity contribution >= 4 is 12.1 Å². The van der Waals surface area contributed by atoms with Gasteiger partial charge in [0.15, 0.2) is 0 Å². The Kier molecular flexibility index (Phi) is 6.65. The quantitative estimate of drug-likeness (QED) is 0.803. The maximum Gasteiger partial charge on any atom is 0.414 e. The third-order valence-corrected chi connectivity index (χ3v) is 4.41. The van der Waals surface area contributed by atoms with E-state index in [1.807, 2.05) is 27.7 Å². The lowest BCUT2D eigenvalue weighted by atomic mass is 9.84. The van der Waals surface area contributed by atoms with Crippen molar-refractivity contribution in [3.05, 3.63) is 47.2 Å². The zero-order valence-electron chi connectivity index (χ0n) is 16.7. The average molecular weight is 375 g/mol. The Labute approximate surface area is 160 Å². The number of esters is 1. The molecule has 1 amide bonds. The van der Waals surface area contributed by atoms with Gasteiger partial charge in [0.25, 0.3) is 0 Å². The lowest BCUT2D eigenvalue weighted by molar-refractivity contribution is 0.0283. The third-order valence-electron chi connectivity index (χ3n) is 4.41. The van der Waals surface area contributed by atoms with Gasteiger partial charge in [0.2, 0.25) is 0 Å². The Hall–Kier alpha value is -2.34. The predicted octanol–water partition coefficient (Wildman–Crippen LogP) is 4.06. The molecular weight excluding hydrogens is 346 g/mol. The average Bonchev–Trinajstić information content (AvgIpc) is 2.60. The lowest BCUT2D eigenvalue weighted by Gasteiger charge is -2.34. The summed E-state index contributed by atoms with van der Waals surface area (Å²) in [6, 6.07) is 6.93. The summed E-state index contributed by atoms with van der Waals surface area (Å²) in [5.41, 5.74) is 1.21. The van der Waals surface area contributed by atoms with Gasteiger partial charge < -0.3 is 14.6 Å². The summed E-state index contributed by atoms with van der Waals surface area (Å²) in [6.07, 6.45) is 1.03. The standard InChI is InChI=1S/C21H29NO5/c1-6-26-19(24)17-10-8-7-9-16(17)18(23)15-11-12-22(13-14(15)2)20(25)27-21(3,4)5/h7-10,13,15,18,23H,6,11-12H2,1-5H3. The second-order valence-corrected chi connectivity index (χ2v) is 7.69. The minimum absolute atomic E-state index is 0.195. The van der Waals surface area contributed by atoms with Crippen LogP contribution in [-0.4, -0.2) is 40.8 Å². The predicted molar refractivity (Wildman–Crippen MR) is 102 cm³/mol. The van der Waals surface area contributed by atoms with Gasteiger partial charge >= 0.3 is 12.1 Å². The van der Waals surface area contributed by atoms with Gasteiger partial charge in [-0.15, -0.1) is 0 Å². The highest BCUT2D eigenvalue weighted by Gasteiger charge is 2.32. The summed E-state index contributed by atoms with van der Waals surface area (Å²) >= 11 is 0. The first kappa shape index (κ1) is 21.0. The highest BCUT2D eigenvalue weighted by Crippen LogP contribution is 2.35. The Bertz CT molecular complexity index is 720. The van der Waals surface area contributed by atoms with Crippen molar-refractivity contribution in [2.45, 2.75) is 52.7 Å². The molecule has 2 atom stereocenters. The first-order chi connectivity index (χ1) is 12.6. The molecule has 1 aliphatic heterocycles. The first-order valence-corrected chi connectivity index (χ1v) is 9.26. The van der Waals surface area contributed by atoms with Crippen molar-refractivity contribution in [2.75, 3.05) is 13.2 Å². The van der Waals surface area contributed by atoms with Gasteiger partial charge in [-0.2, -0.15) is 0 Å². The van der Waals surface area contributed by atoms with Crippen LogP contribution in [-0.2, 0) is 9.47 Å². The molecule has 6 nitrogen and oxygen atoms in total. The van der Waals surface area contributed by atoms with E-state index in [1.54, 1.807) is 37.4 Å². The van der Waals surface area contributed by atoms with Crippen LogP contribution in [0.25, 0.3) is 0 Å². The van der Waals surface area contributed by atoms with E-state index in [-0.39, 0.29) is 12.5 Å². The number of rotatable bonds is 4. The molecule has 0 bridgehead atoms. The highest BCUT2D eigenvalue weighted by atomic mass is 16.6. The minimum atomic E-state index is -0.859. The van der Waals surface area contributed by atoms with Crippen LogP contribution in [0, 0.1) is 5.92 Å².